The SMILES string of the molecule is CCOC(=O)c1nn(-c2cccc(C(=O)N3CCS(O)(O)CC3)c2)c2c1CS(=O)(=O)c1ccccc1-2. The Labute approximate surface area is 209 Å². The van der Waals surface area contributed by atoms with E-state index in [1.54, 1.807) is 54.3 Å². The van der Waals surface area contributed by atoms with E-state index in [1.165, 1.54) is 10.7 Å². The number of ether oxygens (including phenoxy) is 1. The first-order valence-electron chi connectivity index (χ1n) is 11.4. The number of amides is 1. The molecule has 0 spiro atoms. The van der Waals surface area contributed by atoms with Crippen molar-refractivity contribution in [1.29, 1.82) is 0 Å². The Bertz CT molecular complexity index is 1470. The fourth-order valence-corrected chi connectivity index (χ4v) is 7.32. The number of esters is 1. The zero-order chi connectivity index (χ0) is 25.7. The van der Waals surface area contributed by atoms with Gasteiger partial charge in [0.15, 0.2) is 15.5 Å². The number of aromatic nitrogens is 2. The lowest BCUT2D eigenvalue weighted by Crippen LogP contribution is -2.42. The van der Waals surface area contributed by atoms with E-state index in [2.05, 4.69) is 5.10 Å². The third-order valence-electron chi connectivity index (χ3n) is 6.26. The van der Waals surface area contributed by atoms with E-state index >= 15 is 0 Å². The van der Waals surface area contributed by atoms with Crippen molar-refractivity contribution in [2.75, 3.05) is 31.2 Å². The van der Waals surface area contributed by atoms with Gasteiger partial charge in [-0.25, -0.2) is 17.9 Å². The number of benzene rings is 2. The van der Waals surface area contributed by atoms with Crippen molar-refractivity contribution in [1.82, 2.24) is 14.7 Å². The molecule has 2 aliphatic rings. The largest absolute Gasteiger partial charge is 0.461 e. The molecule has 2 aromatic carbocycles. The van der Waals surface area contributed by atoms with E-state index in [0.29, 0.717) is 22.5 Å². The van der Waals surface area contributed by atoms with Crippen LogP contribution in [0.15, 0.2) is 53.4 Å². The summed E-state index contributed by atoms with van der Waals surface area (Å²) in [5.41, 5.74) is 1.89. The lowest BCUT2D eigenvalue weighted by Gasteiger charge is -2.40. The maximum atomic E-state index is 13.2. The Morgan fingerprint density at radius 2 is 1.78 bits per heavy atom. The Kier molecular flexibility index (Phi) is 6.15. The molecule has 0 bridgehead atoms. The van der Waals surface area contributed by atoms with Crippen LogP contribution in [0.2, 0.25) is 0 Å². The van der Waals surface area contributed by atoms with Gasteiger partial charge in [0, 0.05) is 29.8 Å². The summed E-state index contributed by atoms with van der Waals surface area (Å²) in [7, 11) is -6.34. The van der Waals surface area contributed by atoms with Gasteiger partial charge in [-0.3, -0.25) is 13.9 Å². The highest BCUT2D eigenvalue weighted by Gasteiger charge is 2.36. The number of sulfone groups is 1. The molecular weight excluding hydrogens is 506 g/mol. The van der Waals surface area contributed by atoms with Gasteiger partial charge >= 0.3 is 5.97 Å². The lowest BCUT2D eigenvalue weighted by molar-refractivity contribution is 0.0517. The first kappa shape index (κ1) is 24.5. The Morgan fingerprint density at radius 1 is 1.06 bits per heavy atom. The monoisotopic (exact) mass is 531 g/mol. The molecule has 1 fully saturated rings. The minimum absolute atomic E-state index is 0.0807. The Hall–Kier alpha value is -3.19. The number of rotatable bonds is 4. The van der Waals surface area contributed by atoms with Crippen molar-refractivity contribution in [3.63, 3.8) is 0 Å². The normalized spacial score (nSPS) is 18.6. The fraction of sp³-hybridized carbons (Fsp3) is 0.292. The van der Waals surface area contributed by atoms with E-state index in [-0.39, 0.29) is 53.3 Å². The molecule has 1 saturated heterocycles. The van der Waals surface area contributed by atoms with Crippen LogP contribution in [0.3, 0.4) is 0 Å². The van der Waals surface area contributed by atoms with Gasteiger partial charge in [-0.05, 0) is 31.2 Å². The third-order valence-corrected chi connectivity index (χ3v) is 9.63. The van der Waals surface area contributed by atoms with E-state index in [9.17, 15) is 27.1 Å². The molecule has 0 unspecified atom stereocenters. The molecule has 0 atom stereocenters. The van der Waals surface area contributed by atoms with Gasteiger partial charge in [-0.2, -0.15) is 15.7 Å². The number of carbonyl (C=O) groups is 2. The summed E-state index contributed by atoms with van der Waals surface area (Å²) in [4.78, 5) is 27.6. The maximum absolute atomic E-state index is 13.2. The first-order valence-corrected chi connectivity index (χ1v) is 14.9. The average Bonchev–Trinajstić information content (AvgIpc) is 3.23. The van der Waals surface area contributed by atoms with Gasteiger partial charge in [-0.1, -0.05) is 24.3 Å². The standard InChI is InChI=1S/C24H25N3O7S2/c1-2-34-24(29)21-19-15-36(32,33)20-9-4-3-8-18(20)22(19)27(25-21)17-7-5-6-16(14-17)23(28)26-10-12-35(30,31)13-11-26/h3-9,14,30-31H,2,10-13,15H2,1H3. The lowest BCUT2D eigenvalue weighted by atomic mass is 10.1. The molecule has 36 heavy (non-hydrogen) atoms. The highest BCUT2D eigenvalue weighted by atomic mass is 32.3. The van der Waals surface area contributed by atoms with Gasteiger partial charge < -0.3 is 9.64 Å². The smallest absolute Gasteiger partial charge is 0.359 e. The van der Waals surface area contributed by atoms with E-state index < -0.39 is 32.1 Å². The number of carbonyl (C=O) groups excluding carboxylic acids is 2. The molecular formula is C24H25N3O7S2. The molecule has 190 valence electrons. The van der Waals surface area contributed by atoms with Crippen molar-refractivity contribution >= 4 is 32.3 Å². The zero-order valence-corrected chi connectivity index (χ0v) is 21.1. The summed E-state index contributed by atoms with van der Waals surface area (Å²) in [5, 5.41) is 4.47. The molecule has 2 aliphatic heterocycles. The van der Waals surface area contributed by atoms with Crippen molar-refractivity contribution in [2.24, 2.45) is 0 Å². The topological polar surface area (TPSA) is 139 Å². The summed E-state index contributed by atoms with van der Waals surface area (Å²) < 4.78 is 52.4. The fourth-order valence-electron chi connectivity index (χ4n) is 4.50. The Balaban J connectivity index is 1.61. The number of nitrogens with zero attached hydrogens (tertiary/aromatic N) is 3. The van der Waals surface area contributed by atoms with Gasteiger partial charge in [0.2, 0.25) is 0 Å². The van der Waals surface area contributed by atoms with Gasteiger partial charge in [0.25, 0.3) is 5.91 Å². The van der Waals surface area contributed by atoms with E-state index in [0.717, 1.165) is 0 Å². The number of hydrogen-bond donors (Lipinski definition) is 2. The van der Waals surface area contributed by atoms with Crippen LogP contribution in [-0.4, -0.2) is 75.3 Å². The average molecular weight is 532 g/mol. The molecule has 0 saturated carbocycles. The van der Waals surface area contributed by atoms with Gasteiger partial charge in [-0.15, -0.1) is 0 Å². The molecule has 5 rings (SSSR count). The summed E-state index contributed by atoms with van der Waals surface area (Å²) in [6.45, 7) is 2.23. The zero-order valence-electron chi connectivity index (χ0n) is 19.5. The second-order valence-corrected chi connectivity index (χ2v) is 13.0. The first-order chi connectivity index (χ1) is 17.1. The Morgan fingerprint density at radius 3 is 2.50 bits per heavy atom. The summed E-state index contributed by atoms with van der Waals surface area (Å²) in [6, 6.07) is 13.2. The van der Waals surface area contributed by atoms with Crippen molar-refractivity contribution < 1.29 is 31.8 Å². The van der Waals surface area contributed by atoms with Crippen LogP contribution in [0.25, 0.3) is 16.9 Å². The highest BCUT2D eigenvalue weighted by molar-refractivity contribution is 8.24. The predicted octanol–water partition coefficient (Wildman–Crippen LogP) is 3.21. The van der Waals surface area contributed by atoms with Gasteiger partial charge in [0.05, 0.1) is 40.1 Å². The predicted molar refractivity (Wildman–Crippen MR) is 134 cm³/mol. The van der Waals surface area contributed by atoms with Crippen LogP contribution in [0.4, 0.5) is 0 Å². The minimum Gasteiger partial charge on any atom is -0.461 e. The van der Waals surface area contributed by atoms with Crippen LogP contribution < -0.4 is 0 Å². The van der Waals surface area contributed by atoms with Gasteiger partial charge in [0.1, 0.15) is 0 Å². The van der Waals surface area contributed by atoms with E-state index in [4.69, 9.17) is 4.74 Å². The molecule has 10 nitrogen and oxygen atoms in total. The maximum Gasteiger partial charge on any atom is 0.359 e. The van der Waals surface area contributed by atoms with Crippen LogP contribution in [0.1, 0.15) is 33.3 Å². The van der Waals surface area contributed by atoms with Crippen LogP contribution in [0.5, 0.6) is 0 Å². The third kappa shape index (κ3) is 4.30. The second kappa shape index (κ2) is 9.04. The molecule has 3 aromatic rings. The number of hydrogen-bond acceptors (Lipinski definition) is 8. The molecule has 2 N–H and O–H groups in total. The summed E-state index contributed by atoms with van der Waals surface area (Å²) >= 11 is 0. The second-order valence-electron chi connectivity index (χ2n) is 8.62. The summed E-state index contributed by atoms with van der Waals surface area (Å²) in [5.74, 6) is -1.10. The molecule has 0 aliphatic carbocycles. The summed E-state index contributed by atoms with van der Waals surface area (Å²) in [6.07, 6.45) is 0. The molecule has 12 heteroatoms. The molecule has 1 amide bonds. The van der Waals surface area contributed by atoms with Crippen LogP contribution in [-0.2, 0) is 20.3 Å². The van der Waals surface area contributed by atoms with Crippen LogP contribution >= 0.6 is 10.6 Å². The molecule has 0 radical (unpaired) electrons. The van der Waals surface area contributed by atoms with Crippen molar-refractivity contribution in [3.8, 4) is 16.9 Å². The van der Waals surface area contributed by atoms with Crippen molar-refractivity contribution in [3.05, 3.63) is 65.4 Å². The quantitative estimate of drug-likeness (QED) is 0.490. The van der Waals surface area contributed by atoms with Crippen molar-refractivity contribution in [2.45, 2.75) is 17.6 Å². The minimum atomic E-state index is -3.70. The highest BCUT2D eigenvalue weighted by Crippen LogP contribution is 2.42. The number of fused-ring (bicyclic) bond motifs is 3. The molecule has 1 aromatic heterocycles. The van der Waals surface area contributed by atoms with Crippen LogP contribution in [0, 0.1) is 0 Å². The molecule has 3 heterocycles. The van der Waals surface area contributed by atoms with E-state index in [1.807, 2.05) is 0 Å².